The molecule has 1 aromatic heterocycles. The highest BCUT2D eigenvalue weighted by molar-refractivity contribution is 5.93. The Bertz CT molecular complexity index is 1590. The molecule has 2 saturated heterocycles. The van der Waals surface area contributed by atoms with Gasteiger partial charge in [-0.1, -0.05) is 56.3 Å². The Labute approximate surface area is 260 Å². The van der Waals surface area contributed by atoms with Crippen molar-refractivity contribution in [3.05, 3.63) is 65.1 Å². The molecule has 1 aliphatic carbocycles. The summed E-state index contributed by atoms with van der Waals surface area (Å²) < 4.78 is 0. The van der Waals surface area contributed by atoms with Crippen LogP contribution >= 0.6 is 0 Å². The van der Waals surface area contributed by atoms with Gasteiger partial charge >= 0.3 is 0 Å². The van der Waals surface area contributed by atoms with E-state index in [1.54, 1.807) is 6.92 Å². The van der Waals surface area contributed by atoms with Gasteiger partial charge < -0.3 is 20.1 Å². The molecular formula is C36H44N6O2. The highest BCUT2D eigenvalue weighted by Crippen LogP contribution is 2.38. The molecule has 7 rings (SSSR count). The predicted octanol–water partition coefficient (Wildman–Crippen LogP) is 6.00. The number of carbonyl (C=O) groups is 2. The number of aromatic nitrogens is 2. The molecule has 3 atom stereocenters. The Morgan fingerprint density at radius 2 is 1.68 bits per heavy atom. The van der Waals surface area contributed by atoms with Gasteiger partial charge in [0.1, 0.15) is 11.7 Å². The largest absolute Gasteiger partial charge is 0.363 e. The van der Waals surface area contributed by atoms with Gasteiger partial charge in [0.2, 0.25) is 11.8 Å². The number of aromatic amines is 1. The number of rotatable bonds is 6. The van der Waals surface area contributed by atoms with E-state index in [-0.39, 0.29) is 29.9 Å². The summed E-state index contributed by atoms with van der Waals surface area (Å²) >= 11 is 0. The van der Waals surface area contributed by atoms with Crippen LogP contribution in [0, 0.1) is 5.92 Å². The van der Waals surface area contributed by atoms with Crippen LogP contribution in [-0.4, -0.2) is 63.1 Å². The van der Waals surface area contributed by atoms with Crippen LogP contribution in [-0.2, 0) is 22.4 Å². The van der Waals surface area contributed by atoms with Crippen LogP contribution in [0.4, 0.5) is 0 Å². The second-order valence-electron chi connectivity index (χ2n) is 13.4. The van der Waals surface area contributed by atoms with Crippen molar-refractivity contribution >= 4 is 17.6 Å². The SMILES string of the molecule is CC(=O)N1CCC[C@H]1C1=NCC(c2ccc(-c3ccc4c(c3)CCCc3[nH]c([C@@H]5CCCN5C(=O)CC(C)C)nc3-4)cc2)N1. The first-order valence-electron chi connectivity index (χ1n) is 16.6. The summed E-state index contributed by atoms with van der Waals surface area (Å²) in [6, 6.07) is 15.9. The number of aliphatic imine (C=N–C) groups is 1. The molecule has 2 aromatic carbocycles. The first-order valence-corrected chi connectivity index (χ1v) is 16.6. The van der Waals surface area contributed by atoms with E-state index >= 15 is 0 Å². The van der Waals surface area contributed by atoms with Crippen molar-refractivity contribution in [2.45, 2.75) is 90.3 Å². The normalized spacial score (nSPS) is 22.9. The van der Waals surface area contributed by atoms with Gasteiger partial charge in [0.25, 0.3) is 0 Å². The van der Waals surface area contributed by atoms with Gasteiger partial charge in [0.15, 0.2) is 0 Å². The second kappa shape index (κ2) is 11.9. The number of imidazole rings is 1. The quantitative estimate of drug-likeness (QED) is 0.367. The number of hydrogen-bond donors (Lipinski definition) is 2. The molecular weight excluding hydrogens is 548 g/mol. The number of carbonyl (C=O) groups excluding carboxylic acids is 2. The molecule has 0 bridgehead atoms. The molecule has 2 amide bonds. The fourth-order valence-electron chi connectivity index (χ4n) is 7.66. The van der Waals surface area contributed by atoms with Crippen LogP contribution in [0.5, 0.6) is 0 Å². The second-order valence-corrected chi connectivity index (χ2v) is 13.4. The van der Waals surface area contributed by atoms with Gasteiger partial charge in [-0.05, 0) is 73.1 Å². The molecule has 2 fully saturated rings. The standard InChI is InChI=1S/C36H44N6O2/c1-22(2)19-33(44)42-18-6-10-32(42)36-38-29-8-4-7-27-20-26(15-16-28(27)34(29)40-36)24-11-13-25(14-12-24)30-21-37-35(39-30)31-9-5-17-41(31)23(3)43/h11-16,20,22,30-32H,4-10,17-19,21H2,1-3H3,(H,37,39)(H,38,40)/t30?,31-,32-/m0/s1. The zero-order valence-corrected chi connectivity index (χ0v) is 26.2. The van der Waals surface area contributed by atoms with Crippen molar-refractivity contribution in [3.63, 3.8) is 0 Å². The molecule has 230 valence electrons. The highest BCUT2D eigenvalue weighted by Gasteiger charge is 2.35. The molecule has 8 nitrogen and oxygen atoms in total. The molecule has 0 spiro atoms. The van der Waals surface area contributed by atoms with Gasteiger partial charge in [-0.25, -0.2) is 4.98 Å². The van der Waals surface area contributed by atoms with E-state index in [4.69, 9.17) is 9.98 Å². The minimum Gasteiger partial charge on any atom is -0.363 e. The van der Waals surface area contributed by atoms with E-state index in [0.717, 1.165) is 75.4 Å². The lowest BCUT2D eigenvalue weighted by atomic mass is 9.95. The van der Waals surface area contributed by atoms with Crippen LogP contribution in [0.15, 0.2) is 47.5 Å². The number of benzene rings is 2. The third-order valence-electron chi connectivity index (χ3n) is 9.89. The molecule has 0 saturated carbocycles. The fourth-order valence-corrected chi connectivity index (χ4v) is 7.66. The third-order valence-corrected chi connectivity index (χ3v) is 9.89. The molecule has 3 aliphatic heterocycles. The van der Waals surface area contributed by atoms with Crippen molar-refractivity contribution in [1.82, 2.24) is 25.1 Å². The number of fused-ring (bicyclic) bond motifs is 3. The summed E-state index contributed by atoms with van der Waals surface area (Å²) in [6.45, 7) is 8.22. The fraction of sp³-hybridized carbons (Fsp3) is 0.500. The van der Waals surface area contributed by atoms with Gasteiger partial charge in [-0.3, -0.25) is 14.6 Å². The summed E-state index contributed by atoms with van der Waals surface area (Å²) in [5, 5.41) is 3.61. The predicted molar refractivity (Wildman–Crippen MR) is 173 cm³/mol. The summed E-state index contributed by atoms with van der Waals surface area (Å²) in [5.74, 6) is 2.64. The number of nitrogens with zero attached hydrogens (tertiary/aromatic N) is 4. The average Bonchev–Trinajstić information content (AvgIpc) is 3.82. The zero-order valence-electron chi connectivity index (χ0n) is 26.2. The third kappa shape index (κ3) is 5.44. The molecule has 1 unspecified atom stereocenters. The van der Waals surface area contributed by atoms with Crippen LogP contribution in [0.2, 0.25) is 0 Å². The maximum Gasteiger partial charge on any atom is 0.223 e. The van der Waals surface area contributed by atoms with Gasteiger partial charge in [0, 0.05) is 37.7 Å². The highest BCUT2D eigenvalue weighted by atomic mass is 16.2. The summed E-state index contributed by atoms with van der Waals surface area (Å²) in [5.41, 5.74) is 8.45. The van der Waals surface area contributed by atoms with E-state index < -0.39 is 0 Å². The first-order chi connectivity index (χ1) is 21.4. The van der Waals surface area contributed by atoms with E-state index in [9.17, 15) is 9.59 Å². The van der Waals surface area contributed by atoms with Crippen molar-refractivity contribution in [2.75, 3.05) is 19.6 Å². The monoisotopic (exact) mass is 592 g/mol. The Hall–Kier alpha value is -3.94. The van der Waals surface area contributed by atoms with Crippen molar-refractivity contribution in [2.24, 2.45) is 10.9 Å². The Morgan fingerprint density at radius 3 is 2.45 bits per heavy atom. The molecule has 2 N–H and O–H groups in total. The Balaban J connectivity index is 1.07. The lowest BCUT2D eigenvalue weighted by molar-refractivity contribution is -0.133. The molecule has 4 heterocycles. The van der Waals surface area contributed by atoms with Crippen LogP contribution in [0.1, 0.15) is 94.0 Å². The van der Waals surface area contributed by atoms with E-state index in [1.165, 1.54) is 33.5 Å². The minimum absolute atomic E-state index is 0.0523. The maximum absolute atomic E-state index is 13.0. The number of hydrogen-bond acceptors (Lipinski definition) is 5. The number of amides is 2. The van der Waals surface area contributed by atoms with Crippen molar-refractivity contribution in [1.29, 1.82) is 0 Å². The molecule has 3 aromatic rings. The Morgan fingerprint density at radius 1 is 0.932 bits per heavy atom. The number of nitrogens with one attached hydrogen (secondary N) is 2. The molecule has 44 heavy (non-hydrogen) atoms. The lowest BCUT2D eigenvalue weighted by Crippen LogP contribution is -2.44. The average molecular weight is 593 g/mol. The van der Waals surface area contributed by atoms with E-state index in [1.807, 2.05) is 4.90 Å². The van der Waals surface area contributed by atoms with Gasteiger partial charge in [-0.2, -0.15) is 0 Å². The van der Waals surface area contributed by atoms with E-state index in [2.05, 4.69) is 71.5 Å². The minimum atomic E-state index is 0.0523. The summed E-state index contributed by atoms with van der Waals surface area (Å²) in [4.78, 5) is 42.6. The van der Waals surface area contributed by atoms with Crippen molar-refractivity contribution in [3.8, 4) is 22.4 Å². The van der Waals surface area contributed by atoms with Crippen molar-refractivity contribution < 1.29 is 9.59 Å². The number of likely N-dealkylation sites (tertiary alicyclic amines) is 2. The zero-order chi connectivity index (χ0) is 30.4. The summed E-state index contributed by atoms with van der Waals surface area (Å²) in [6.07, 6.45) is 7.67. The van der Waals surface area contributed by atoms with Crippen LogP contribution < -0.4 is 5.32 Å². The van der Waals surface area contributed by atoms with Crippen LogP contribution in [0.3, 0.4) is 0 Å². The molecule has 0 radical (unpaired) electrons. The smallest absolute Gasteiger partial charge is 0.223 e. The van der Waals surface area contributed by atoms with Gasteiger partial charge in [-0.15, -0.1) is 0 Å². The topological polar surface area (TPSA) is 93.7 Å². The number of aryl methyl sites for hydroxylation is 2. The van der Waals surface area contributed by atoms with Crippen LogP contribution in [0.25, 0.3) is 22.4 Å². The van der Waals surface area contributed by atoms with E-state index in [0.29, 0.717) is 18.9 Å². The summed E-state index contributed by atoms with van der Waals surface area (Å²) in [7, 11) is 0. The number of amidine groups is 1. The van der Waals surface area contributed by atoms with Gasteiger partial charge in [0.05, 0.1) is 30.4 Å². The molecule has 8 heteroatoms. The Kier molecular flexibility index (Phi) is 7.77. The first kappa shape index (κ1) is 28.8. The number of H-pyrrole nitrogens is 1. The molecule has 4 aliphatic rings. The lowest BCUT2D eigenvalue weighted by Gasteiger charge is -2.24. The maximum atomic E-state index is 13.0.